The van der Waals surface area contributed by atoms with Crippen LogP contribution in [0.1, 0.15) is 12.8 Å². The lowest BCUT2D eigenvalue weighted by atomic mass is 10.3. The van der Waals surface area contributed by atoms with Crippen molar-refractivity contribution in [2.24, 2.45) is 0 Å². The number of carbonyl (C=O) groups excluding carboxylic acids is 1. The molecule has 26 heavy (non-hydrogen) atoms. The van der Waals surface area contributed by atoms with E-state index in [4.69, 9.17) is 0 Å². The van der Waals surface area contributed by atoms with Crippen molar-refractivity contribution < 1.29 is 13.2 Å². The minimum absolute atomic E-state index is 0.0449. The summed E-state index contributed by atoms with van der Waals surface area (Å²) in [5.74, 6) is -0.208. The van der Waals surface area contributed by atoms with Crippen LogP contribution >= 0.6 is 15.9 Å². The van der Waals surface area contributed by atoms with Gasteiger partial charge in [0, 0.05) is 28.9 Å². The standard InChI is InChI=1S/C18H20BrN3O3S/c19-14-6-8-15(9-7-14)21-18(23)13-20-16-4-3-5-17(12-16)26(24,25)22-10-1-2-11-22/h3-9,12,20H,1-2,10-11,13H2,(H,21,23). The van der Waals surface area contributed by atoms with Gasteiger partial charge in [-0.15, -0.1) is 0 Å². The summed E-state index contributed by atoms with van der Waals surface area (Å²) in [6, 6.07) is 13.9. The molecule has 3 rings (SSSR count). The summed E-state index contributed by atoms with van der Waals surface area (Å²) < 4.78 is 27.7. The molecular formula is C18H20BrN3O3S. The first-order valence-electron chi connectivity index (χ1n) is 8.35. The van der Waals surface area contributed by atoms with E-state index in [1.165, 1.54) is 4.31 Å². The number of carbonyl (C=O) groups is 1. The molecule has 0 radical (unpaired) electrons. The van der Waals surface area contributed by atoms with Crippen LogP contribution in [0.3, 0.4) is 0 Å². The largest absolute Gasteiger partial charge is 0.376 e. The van der Waals surface area contributed by atoms with Gasteiger partial charge in [0.15, 0.2) is 0 Å². The fourth-order valence-corrected chi connectivity index (χ4v) is 4.59. The Kier molecular flexibility index (Phi) is 5.95. The Morgan fingerprint density at radius 2 is 1.73 bits per heavy atom. The zero-order valence-corrected chi connectivity index (χ0v) is 16.5. The average Bonchev–Trinajstić information content (AvgIpc) is 3.18. The van der Waals surface area contributed by atoms with Crippen LogP contribution in [0.2, 0.25) is 0 Å². The van der Waals surface area contributed by atoms with Crippen LogP contribution < -0.4 is 10.6 Å². The molecule has 0 aliphatic carbocycles. The summed E-state index contributed by atoms with van der Waals surface area (Å²) in [5, 5.41) is 5.76. The van der Waals surface area contributed by atoms with E-state index in [1.807, 2.05) is 12.1 Å². The van der Waals surface area contributed by atoms with Gasteiger partial charge in [0.1, 0.15) is 0 Å². The molecule has 2 aromatic rings. The molecule has 2 N–H and O–H groups in total. The molecule has 0 aromatic heterocycles. The Bertz CT molecular complexity index is 879. The van der Waals surface area contributed by atoms with Crippen molar-refractivity contribution in [3.8, 4) is 0 Å². The van der Waals surface area contributed by atoms with Crippen molar-refractivity contribution in [1.82, 2.24) is 4.31 Å². The van der Waals surface area contributed by atoms with E-state index in [0.29, 0.717) is 24.5 Å². The van der Waals surface area contributed by atoms with Crippen molar-refractivity contribution in [3.05, 3.63) is 53.0 Å². The number of rotatable bonds is 6. The van der Waals surface area contributed by atoms with Gasteiger partial charge in [-0.25, -0.2) is 8.42 Å². The van der Waals surface area contributed by atoms with E-state index in [0.717, 1.165) is 17.3 Å². The summed E-state index contributed by atoms with van der Waals surface area (Å²) in [6.45, 7) is 1.18. The third-order valence-electron chi connectivity index (χ3n) is 4.12. The lowest BCUT2D eigenvalue weighted by Crippen LogP contribution is -2.28. The molecule has 0 spiro atoms. The highest BCUT2D eigenvalue weighted by Gasteiger charge is 2.27. The number of sulfonamides is 1. The highest BCUT2D eigenvalue weighted by atomic mass is 79.9. The Morgan fingerprint density at radius 3 is 2.42 bits per heavy atom. The molecule has 1 amide bonds. The maximum atomic E-state index is 12.6. The second kappa shape index (κ2) is 8.20. The predicted molar refractivity (Wildman–Crippen MR) is 106 cm³/mol. The molecular weight excluding hydrogens is 418 g/mol. The monoisotopic (exact) mass is 437 g/mol. The minimum atomic E-state index is -3.46. The van der Waals surface area contributed by atoms with Crippen LogP contribution in [0.15, 0.2) is 57.9 Å². The second-order valence-corrected chi connectivity index (χ2v) is 8.90. The first kappa shape index (κ1) is 18.9. The van der Waals surface area contributed by atoms with Gasteiger partial charge in [-0.3, -0.25) is 4.79 Å². The van der Waals surface area contributed by atoms with Gasteiger partial charge in [-0.05, 0) is 55.3 Å². The number of hydrogen-bond donors (Lipinski definition) is 2. The normalized spacial score (nSPS) is 15.0. The van der Waals surface area contributed by atoms with Gasteiger partial charge in [-0.2, -0.15) is 4.31 Å². The molecule has 0 unspecified atom stereocenters. The van der Waals surface area contributed by atoms with E-state index < -0.39 is 10.0 Å². The molecule has 1 fully saturated rings. The van der Waals surface area contributed by atoms with Crippen molar-refractivity contribution >= 4 is 43.2 Å². The number of anilines is 2. The maximum absolute atomic E-state index is 12.6. The van der Waals surface area contributed by atoms with Gasteiger partial charge in [-0.1, -0.05) is 22.0 Å². The number of nitrogens with zero attached hydrogens (tertiary/aromatic N) is 1. The smallest absolute Gasteiger partial charge is 0.243 e. The molecule has 1 heterocycles. The van der Waals surface area contributed by atoms with Crippen LogP contribution in [0.25, 0.3) is 0 Å². The van der Waals surface area contributed by atoms with Gasteiger partial charge < -0.3 is 10.6 Å². The lowest BCUT2D eigenvalue weighted by Gasteiger charge is -2.16. The molecule has 8 heteroatoms. The van der Waals surface area contributed by atoms with Gasteiger partial charge >= 0.3 is 0 Å². The van der Waals surface area contributed by atoms with Crippen LogP contribution in [0.5, 0.6) is 0 Å². The molecule has 1 aliphatic rings. The molecule has 0 bridgehead atoms. The summed E-state index contributed by atoms with van der Waals surface area (Å²) in [4.78, 5) is 12.3. The number of halogens is 1. The number of nitrogens with one attached hydrogen (secondary N) is 2. The summed E-state index contributed by atoms with van der Waals surface area (Å²) >= 11 is 3.34. The van der Waals surface area contributed by atoms with Gasteiger partial charge in [0.05, 0.1) is 11.4 Å². The Labute approximate surface area is 161 Å². The van der Waals surface area contributed by atoms with Crippen molar-refractivity contribution in [1.29, 1.82) is 0 Å². The van der Waals surface area contributed by atoms with Crippen LogP contribution in [0, 0.1) is 0 Å². The minimum Gasteiger partial charge on any atom is -0.376 e. The van der Waals surface area contributed by atoms with E-state index in [9.17, 15) is 13.2 Å². The molecule has 138 valence electrons. The second-order valence-electron chi connectivity index (χ2n) is 6.05. The maximum Gasteiger partial charge on any atom is 0.243 e. The highest BCUT2D eigenvalue weighted by Crippen LogP contribution is 2.23. The zero-order valence-electron chi connectivity index (χ0n) is 14.1. The van der Waals surface area contributed by atoms with E-state index >= 15 is 0 Å². The van der Waals surface area contributed by atoms with Crippen LogP contribution in [-0.4, -0.2) is 38.3 Å². The summed E-state index contributed by atoms with van der Waals surface area (Å²) in [6.07, 6.45) is 1.79. The third kappa shape index (κ3) is 4.63. The first-order chi connectivity index (χ1) is 12.4. The molecule has 1 aliphatic heterocycles. The zero-order chi connectivity index (χ0) is 18.6. The van der Waals surface area contributed by atoms with E-state index in [2.05, 4.69) is 26.6 Å². The van der Waals surface area contributed by atoms with Gasteiger partial charge in [0.25, 0.3) is 0 Å². The lowest BCUT2D eigenvalue weighted by molar-refractivity contribution is -0.114. The van der Waals surface area contributed by atoms with Crippen LogP contribution in [0.4, 0.5) is 11.4 Å². The van der Waals surface area contributed by atoms with Gasteiger partial charge in [0.2, 0.25) is 15.9 Å². The molecule has 0 saturated carbocycles. The molecule has 1 saturated heterocycles. The number of hydrogen-bond acceptors (Lipinski definition) is 4. The number of benzene rings is 2. The SMILES string of the molecule is O=C(CNc1cccc(S(=O)(=O)N2CCCC2)c1)Nc1ccc(Br)cc1. The fourth-order valence-electron chi connectivity index (χ4n) is 2.76. The third-order valence-corrected chi connectivity index (χ3v) is 6.54. The topological polar surface area (TPSA) is 78.5 Å². The quantitative estimate of drug-likeness (QED) is 0.726. The summed E-state index contributed by atoms with van der Waals surface area (Å²) in [7, 11) is -3.46. The number of amides is 1. The summed E-state index contributed by atoms with van der Waals surface area (Å²) in [5.41, 5.74) is 1.29. The Hall–Kier alpha value is -1.90. The first-order valence-corrected chi connectivity index (χ1v) is 10.6. The predicted octanol–water partition coefficient (Wildman–Crippen LogP) is 3.28. The molecule has 2 aromatic carbocycles. The van der Waals surface area contributed by atoms with Crippen molar-refractivity contribution in [2.75, 3.05) is 30.3 Å². The Morgan fingerprint density at radius 1 is 1.04 bits per heavy atom. The van der Waals surface area contributed by atoms with Crippen molar-refractivity contribution in [2.45, 2.75) is 17.7 Å². The van der Waals surface area contributed by atoms with Crippen LogP contribution in [-0.2, 0) is 14.8 Å². The fraction of sp³-hybridized carbons (Fsp3) is 0.278. The Balaban J connectivity index is 1.61. The van der Waals surface area contributed by atoms with Crippen molar-refractivity contribution in [3.63, 3.8) is 0 Å². The molecule has 6 nitrogen and oxygen atoms in total. The van der Waals surface area contributed by atoms with E-state index in [1.54, 1.807) is 36.4 Å². The highest BCUT2D eigenvalue weighted by molar-refractivity contribution is 9.10. The van der Waals surface area contributed by atoms with E-state index in [-0.39, 0.29) is 17.3 Å². The molecule has 0 atom stereocenters. The average molecular weight is 438 g/mol.